The molecule has 0 spiro atoms. The van der Waals surface area contributed by atoms with Crippen molar-refractivity contribution in [2.24, 2.45) is 0 Å². The van der Waals surface area contributed by atoms with Crippen LogP contribution in [-0.2, 0) is 16.8 Å². The summed E-state index contributed by atoms with van der Waals surface area (Å²) in [5, 5.41) is 8.77. The molecule has 0 bridgehead atoms. The molecule has 0 aromatic carbocycles. The third-order valence-electron chi connectivity index (χ3n) is 4.81. The lowest BCUT2D eigenvalue weighted by molar-refractivity contribution is -0.126. The summed E-state index contributed by atoms with van der Waals surface area (Å²) in [5.74, 6) is 0.482. The zero-order chi connectivity index (χ0) is 18.0. The first kappa shape index (κ1) is 16.7. The van der Waals surface area contributed by atoms with Crippen molar-refractivity contribution in [3.63, 3.8) is 0 Å². The van der Waals surface area contributed by atoms with E-state index in [0.29, 0.717) is 5.56 Å². The van der Waals surface area contributed by atoms with Gasteiger partial charge >= 0.3 is 0 Å². The highest BCUT2D eigenvalue weighted by atomic mass is 32.1. The summed E-state index contributed by atoms with van der Waals surface area (Å²) in [6.07, 6.45) is 5.35. The predicted molar refractivity (Wildman–Crippen MR) is 96.7 cm³/mol. The molecule has 4 rings (SSSR count). The number of aromatic nitrogens is 3. The highest BCUT2D eigenvalue weighted by Crippen LogP contribution is 2.43. The quantitative estimate of drug-likeness (QED) is 0.719. The summed E-state index contributed by atoms with van der Waals surface area (Å²) in [6.45, 7) is 0.143. The largest absolute Gasteiger partial charge is 0.346 e. The number of aromatic amines is 1. The molecule has 1 saturated carbocycles. The van der Waals surface area contributed by atoms with Crippen molar-refractivity contribution in [3.05, 3.63) is 57.0 Å². The van der Waals surface area contributed by atoms with Gasteiger partial charge in [0.25, 0.3) is 5.56 Å². The van der Waals surface area contributed by atoms with E-state index in [1.54, 1.807) is 29.7 Å². The second kappa shape index (κ2) is 6.87. The number of pyridine rings is 1. The average Bonchev–Trinajstić information content (AvgIpc) is 3.41. The van der Waals surface area contributed by atoms with Crippen LogP contribution in [0.4, 0.5) is 0 Å². The number of carbonyl (C=O) groups is 1. The highest BCUT2D eigenvalue weighted by Gasteiger charge is 2.43. The van der Waals surface area contributed by atoms with Crippen molar-refractivity contribution >= 4 is 17.2 Å². The third kappa shape index (κ3) is 2.96. The number of hydrogen-bond acceptors (Lipinski definition) is 6. The summed E-state index contributed by atoms with van der Waals surface area (Å²) in [4.78, 5) is 32.6. The van der Waals surface area contributed by atoms with E-state index < -0.39 is 5.41 Å². The van der Waals surface area contributed by atoms with Crippen LogP contribution in [0.15, 0.2) is 45.2 Å². The van der Waals surface area contributed by atoms with E-state index in [1.807, 2.05) is 17.5 Å². The van der Waals surface area contributed by atoms with Crippen LogP contribution in [0.1, 0.15) is 36.5 Å². The topological polar surface area (TPSA) is 101 Å². The van der Waals surface area contributed by atoms with Crippen molar-refractivity contribution in [2.45, 2.75) is 37.6 Å². The zero-order valence-corrected chi connectivity index (χ0v) is 14.8. The minimum Gasteiger partial charge on any atom is -0.346 e. The molecule has 26 heavy (non-hydrogen) atoms. The molecule has 0 unspecified atom stereocenters. The fourth-order valence-corrected chi connectivity index (χ4v) is 4.46. The first-order valence-corrected chi connectivity index (χ1v) is 9.40. The molecule has 0 atom stereocenters. The molecule has 1 fully saturated rings. The molecule has 3 heterocycles. The van der Waals surface area contributed by atoms with E-state index in [1.165, 1.54) is 0 Å². The molecule has 0 radical (unpaired) electrons. The Morgan fingerprint density at radius 3 is 2.88 bits per heavy atom. The summed E-state index contributed by atoms with van der Waals surface area (Å²) < 4.78 is 5.18. The zero-order valence-electron chi connectivity index (χ0n) is 14.0. The van der Waals surface area contributed by atoms with Crippen LogP contribution in [0.2, 0.25) is 0 Å². The van der Waals surface area contributed by atoms with Crippen LogP contribution in [0.3, 0.4) is 0 Å². The SMILES string of the molecule is O=C(NCc1nc(-c2ccc[nH]c2=O)no1)C1(c2cccs2)CCCC1. The van der Waals surface area contributed by atoms with Gasteiger partial charge in [-0.15, -0.1) is 11.3 Å². The highest BCUT2D eigenvalue weighted by molar-refractivity contribution is 7.10. The van der Waals surface area contributed by atoms with Crippen LogP contribution in [0.25, 0.3) is 11.4 Å². The lowest BCUT2D eigenvalue weighted by Crippen LogP contribution is -2.41. The number of H-pyrrole nitrogens is 1. The van der Waals surface area contributed by atoms with E-state index in [-0.39, 0.29) is 29.7 Å². The predicted octanol–water partition coefficient (Wildman–Crippen LogP) is 2.61. The number of rotatable bonds is 5. The molecule has 2 N–H and O–H groups in total. The number of carbonyl (C=O) groups excluding carboxylic acids is 1. The minimum absolute atomic E-state index is 0.00485. The summed E-state index contributed by atoms with van der Waals surface area (Å²) in [6, 6.07) is 7.33. The summed E-state index contributed by atoms with van der Waals surface area (Å²) in [5.41, 5.74) is -0.403. The van der Waals surface area contributed by atoms with E-state index >= 15 is 0 Å². The molecule has 134 valence electrons. The monoisotopic (exact) mass is 370 g/mol. The van der Waals surface area contributed by atoms with Gasteiger partial charge in [0, 0.05) is 11.1 Å². The van der Waals surface area contributed by atoms with Crippen LogP contribution in [0.5, 0.6) is 0 Å². The van der Waals surface area contributed by atoms with Gasteiger partial charge in [0.1, 0.15) is 0 Å². The van der Waals surface area contributed by atoms with Crippen LogP contribution in [-0.4, -0.2) is 21.0 Å². The normalized spacial score (nSPS) is 15.8. The Balaban J connectivity index is 1.48. The third-order valence-corrected chi connectivity index (χ3v) is 5.89. The maximum absolute atomic E-state index is 12.9. The molecule has 3 aromatic rings. The van der Waals surface area contributed by atoms with Gasteiger partial charge in [0.2, 0.25) is 17.6 Å². The molecule has 0 saturated heterocycles. The van der Waals surface area contributed by atoms with Crippen molar-refractivity contribution < 1.29 is 9.32 Å². The molecular formula is C18H18N4O3S. The smallest absolute Gasteiger partial charge is 0.259 e. The Labute approximate surface area is 153 Å². The molecule has 1 amide bonds. The van der Waals surface area contributed by atoms with Gasteiger partial charge in [0.05, 0.1) is 17.5 Å². The van der Waals surface area contributed by atoms with Crippen molar-refractivity contribution in [1.82, 2.24) is 20.4 Å². The Morgan fingerprint density at radius 1 is 1.31 bits per heavy atom. The second-order valence-corrected chi connectivity index (χ2v) is 7.32. The Morgan fingerprint density at radius 2 is 2.15 bits per heavy atom. The lowest BCUT2D eigenvalue weighted by Gasteiger charge is -2.26. The van der Waals surface area contributed by atoms with Crippen molar-refractivity contribution in [3.8, 4) is 11.4 Å². The Hall–Kier alpha value is -2.74. The van der Waals surface area contributed by atoms with Crippen molar-refractivity contribution in [1.29, 1.82) is 0 Å². The molecular weight excluding hydrogens is 352 g/mol. The number of amides is 1. The molecule has 1 aliphatic rings. The maximum atomic E-state index is 12.9. The van der Waals surface area contributed by atoms with Gasteiger partial charge in [-0.2, -0.15) is 4.98 Å². The van der Waals surface area contributed by atoms with E-state index in [9.17, 15) is 9.59 Å². The van der Waals surface area contributed by atoms with E-state index in [4.69, 9.17) is 4.52 Å². The molecule has 1 aliphatic carbocycles. The lowest BCUT2D eigenvalue weighted by atomic mass is 9.83. The maximum Gasteiger partial charge on any atom is 0.259 e. The van der Waals surface area contributed by atoms with Gasteiger partial charge in [0.15, 0.2) is 0 Å². The van der Waals surface area contributed by atoms with Gasteiger partial charge in [-0.05, 0) is 36.4 Å². The van der Waals surface area contributed by atoms with Crippen molar-refractivity contribution in [2.75, 3.05) is 0 Å². The summed E-state index contributed by atoms with van der Waals surface area (Å²) in [7, 11) is 0. The van der Waals surface area contributed by atoms with Gasteiger partial charge < -0.3 is 14.8 Å². The van der Waals surface area contributed by atoms with E-state index in [0.717, 1.165) is 30.6 Å². The molecule has 3 aromatic heterocycles. The van der Waals surface area contributed by atoms with Crippen LogP contribution in [0, 0.1) is 0 Å². The van der Waals surface area contributed by atoms with Crippen LogP contribution < -0.4 is 10.9 Å². The minimum atomic E-state index is -0.451. The number of nitrogens with one attached hydrogen (secondary N) is 2. The van der Waals surface area contributed by atoms with E-state index in [2.05, 4.69) is 20.4 Å². The fraction of sp³-hybridized carbons (Fsp3) is 0.333. The Kier molecular flexibility index (Phi) is 4.42. The molecule has 0 aliphatic heterocycles. The number of hydrogen-bond donors (Lipinski definition) is 2. The molecule has 7 nitrogen and oxygen atoms in total. The van der Waals surface area contributed by atoms with Gasteiger partial charge in [-0.3, -0.25) is 9.59 Å². The van der Waals surface area contributed by atoms with Gasteiger partial charge in [-0.1, -0.05) is 24.1 Å². The Bertz CT molecular complexity index is 955. The molecule has 8 heteroatoms. The number of thiophene rings is 1. The average molecular weight is 370 g/mol. The summed E-state index contributed by atoms with van der Waals surface area (Å²) >= 11 is 1.62. The van der Waals surface area contributed by atoms with Gasteiger partial charge in [-0.25, -0.2) is 0 Å². The second-order valence-electron chi connectivity index (χ2n) is 6.37. The first-order valence-electron chi connectivity index (χ1n) is 8.52. The fourth-order valence-electron chi connectivity index (χ4n) is 3.47. The standard InChI is InChI=1S/C18H18N4O3S/c23-16-12(5-3-9-19-16)15-21-14(25-22-15)11-20-17(24)18(7-1-2-8-18)13-6-4-10-26-13/h3-6,9-10H,1-2,7-8,11H2,(H,19,23)(H,20,24). The first-order chi connectivity index (χ1) is 12.7. The number of nitrogens with zero attached hydrogens (tertiary/aromatic N) is 2. The van der Waals surface area contributed by atoms with Crippen LogP contribution >= 0.6 is 11.3 Å².